The number of hydrogen-bond donors (Lipinski definition) is 2. The van der Waals surface area contributed by atoms with Crippen molar-refractivity contribution in [3.8, 4) is 22.8 Å². The highest BCUT2D eigenvalue weighted by Gasteiger charge is 2.42. The number of aromatic nitrogens is 1. The molecule has 2 aromatic carbocycles. The Hall–Kier alpha value is -4.09. The van der Waals surface area contributed by atoms with E-state index in [1.807, 2.05) is 72.5 Å². The van der Waals surface area contributed by atoms with Gasteiger partial charge < -0.3 is 24.1 Å². The molecule has 11 heteroatoms. The van der Waals surface area contributed by atoms with Crippen LogP contribution >= 0.6 is 12.2 Å². The molecule has 2 aromatic heterocycles. The zero-order chi connectivity index (χ0) is 27.6. The fourth-order valence-electron chi connectivity index (χ4n) is 4.60. The Morgan fingerprint density at radius 3 is 2.56 bits per heavy atom. The van der Waals surface area contributed by atoms with Crippen LogP contribution < -0.4 is 24.4 Å². The second-order valence-corrected chi connectivity index (χ2v) is 11.0. The van der Waals surface area contributed by atoms with Crippen molar-refractivity contribution in [2.45, 2.75) is 19.0 Å². The molecule has 0 unspecified atom stereocenters. The molecule has 4 aromatic rings. The van der Waals surface area contributed by atoms with Crippen LogP contribution in [0.3, 0.4) is 0 Å². The highest BCUT2D eigenvalue weighted by atomic mass is 32.2. The number of thiocarbonyl (C=S) groups is 1. The Kier molecular flexibility index (Phi) is 7.45. The lowest BCUT2D eigenvalue weighted by Crippen LogP contribution is -2.29. The minimum Gasteiger partial charge on any atom is -0.495 e. The molecular formula is C28H28N4O5S2. The summed E-state index contributed by atoms with van der Waals surface area (Å²) in [6, 6.07) is 21.7. The lowest BCUT2D eigenvalue weighted by atomic mass is 10.0. The maximum Gasteiger partial charge on any atom is 0.229 e. The number of sulfonamides is 1. The quantitative estimate of drug-likeness (QED) is 0.262. The van der Waals surface area contributed by atoms with Crippen LogP contribution in [0.5, 0.6) is 11.5 Å². The predicted octanol–water partition coefficient (Wildman–Crippen LogP) is 5.30. The number of hydrogen-bond acceptors (Lipinski definition) is 7. The second-order valence-electron chi connectivity index (χ2n) is 8.91. The normalized spacial score (nSPS) is 17.1. The number of rotatable bonds is 9. The van der Waals surface area contributed by atoms with Gasteiger partial charge >= 0.3 is 0 Å². The van der Waals surface area contributed by atoms with Gasteiger partial charge in [0.2, 0.25) is 10.0 Å². The van der Waals surface area contributed by atoms with Gasteiger partial charge in [0.1, 0.15) is 29.1 Å². The van der Waals surface area contributed by atoms with Gasteiger partial charge in [0.25, 0.3) is 0 Å². The molecule has 2 N–H and O–H groups in total. The molecule has 202 valence electrons. The third-order valence-corrected chi connectivity index (χ3v) is 7.13. The third-order valence-electron chi connectivity index (χ3n) is 6.22. The van der Waals surface area contributed by atoms with Gasteiger partial charge in [-0.3, -0.25) is 9.71 Å². The molecule has 5 rings (SSSR count). The molecule has 3 heterocycles. The molecule has 0 aliphatic carbocycles. The zero-order valence-electron chi connectivity index (χ0n) is 21.6. The van der Waals surface area contributed by atoms with Crippen LogP contribution in [0.15, 0.2) is 83.4 Å². The molecule has 1 saturated heterocycles. The van der Waals surface area contributed by atoms with Crippen LogP contribution in [0, 0.1) is 0 Å². The van der Waals surface area contributed by atoms with E-state index in [1.54, 1.807) is 18.3 Å². The van der Waals surface area contributed by atoms with Crippen molar-refractivity contribution >= 4 is 38.7 Å². The van der Waals surface area contributed by atoms with Crippen molar-refractivity contribution in [2.24, 2.45) is 0 Å². The number of methoxy groups -OCH3 is 1. The van der Waals surface area contributed by atoms with Gasteiger partial charge in [-0.25, -0.2) is 8.42 Å². The molecule has 0 amide bonds. The highest BCUT2D eigenvalue weighted by Crippen LogP contribution is 2.44. The van der Waals surface area contributed by atoms with E-state index < -0.39 is 16.1 Å². The van der Waals surface area contributed by atoms with Crippen LogP contribution in [0.1, 0.15) is 30.5 Å². The van der Waals surface area contributed by atoms with Gasteiger partial charge in [0.15, 0.2) is 5.11 Å². The minimum absolute atomic E-state index is 0.301. The zero-order valence-corrected chi connectivity index (χ0v) is 23.3. The van der Waals surface area contributed by atoms with E-state index in [-0.39, 0.29) is 6.04 Å². The maximum atomic E-state index is 12.0. The van der Waals surface area contributed by atoms with Crippen LogP contribution in [0.25, 0.3) is 11.3 Å². The Labute approximate surface area is 232 Å². The number of pyridine rings is 1. The first-order chi connectivity index (χ1) is 18.8. The van der Waals surface area contributed by atoms with Crippen LogP contribution in [0.4, 0.5) is 11.4 Å². The van der Waals surface area contributed by atoms with Crippen LogP contribution in [-0.2, 0) is 10.0 Å². The maximum absolute atomic E-state index is 12.0. The van der Waals surface area contributed by atoms with Crippen molar-refractivity contribution in [1.82, 2.24) is 10.3 Å². The molecule has 2 atom stereocenters. The van der Waals surface area contributed by atoms with Gasteiger partial charge in [-0.05, 0) is 85.9 Å². The molecule has 39 heavy (non-hydrogen) atoms. The monoisotopic (exact) mass is 564 g/mol. The molecule has 0 radical (unpaired) electrons. The van der Waals surface area contributed by atoms with Crippen molar-refractivity contribution in [3.63, 3.8) is 0 Å². The molecule has 9 nitrogen and oxygen atoms in total. The summed E-state index contributed by atoms with van der Waals surface area (Å²) in [6.45, 7) is 2.54. The number of benzene rings is 2. The standard InChI is InChI=1S/C28H28N4O5S2/c1-4-36-20-11-8-18(9-12-20)23-14-15-25(37-23)27-26(21-7-5-6-16-29-21)30-28(38)32(27)19-10-13-24(35-2)22(17-19)31-39(3,33)34/h5-17,26-27,31H,4H2,1-3H3,(H,30,38)/t26-,27+/m0/s1. The number of nitrogens with one attached hydrogen (secondary N) is 2. The molecule has 1 fully saturated rings. The largest absolute Gasteiger partial charge is 0.495 e. The predicted molar refractivity (Wildman–Crippen MR) is 155 cm³/mol. The van der Waals surface area contributed by atoms with Crippen molar-refractivity contribution in [2.75, 3.05) is 29.6 Å². The van der Waals surface area contributed by atoms with Gasteiger partial charge in [-0.2, -0.15) is 0 Å². The van der Waals surface area contributed by atoms with Gasteiger partial charge in [-0.15, -0.1) is 0 Å². The Balaban J connectivity index is 1.57. The smallest absolute Gasteiger partial charge is 0.229 e. The third kappa shape index (κ3) is 5.69. The van der Waals surface area contributed by atoms with E-state index in [0.29, 0.717) is 40.4 Å². The molecule has 1 aliphatic heterocycles. The molecular weight excluding hydrogens is 536 g/mol. The lowest BCUT2D eigenvalue weighted by molar-refractivity contribution is 0.340. The molecule has 1 aliphatic rings. The van der Waals surface area contributed by atoms with Crippen LogP contribution in [0.2, 0.25) is 0 Å². The summed E-state index contributed by atoms with van der Waals surface area (Å²) < 4.78 is 44.0. The fourth-order valence-corrected chi connectivity index (χ4v) is 5.50. The van der Waals surface area contributed by atoms with E-state index >= 15 is 0 Å². The summed E-state index contributed by atoms with van der Waals surface area (Å²) in [6.07, 6.45) is 2.82. The molecule has 0 bridgehead atoms. The van der Waals surface area contributed by atoms with Gasteiger partial charge in [-0.1, -0.05) is 6.07 Å². The Bertz CT molecular complexity index is 1570. The van der Waals surface area contributed by atoms with E-state index in [0.717, 1.165) is 23.3 Å². The average molecular weight is 565 g/mol. The minimum atomic E-state index is -3.55. The summed E-state index contributed by atoms with van der Waals surface area (Å²) >= 11 is 5.79. The van der Waals surface area contributed by atoms with Crippen LogP contribution in [-0.4, -0.2) is 38.5 Å². The second kappa shape index (κ2) is 11.0. The van der Waals surface area contributed by atoms with Crippen molar-refractivity contribution in [1.29, 1.82) is 0 Å². The topological polar surface area (TPSA) is 106 Å². The summed E-state index contributed by atoms with van der Waals surface area (Å²) in [4.78, 5) is 6.47. The SMILES string of the molecule is CCOc1ccc(-c2ccc([C@@H]3[C@H](c4ccccn4)NC(=S)N3c3ccc(OC)c(NS(C)(=O)=O)c3)o2)cc1. The first-order valence-corrected chi connectivity index (χ1v) is 14.6. The number of furan rings is 1. The average Bonchev–Trinajstić information content (AvgIpc) is 3.53. The summed E-state index contributed by atoms with van der Waals surface area (Å²) in [5, 5.41) is 3.83. The number of anilines is 2. The van der Waals surface area contributed by atoms with Crippen molar-refractivity contribution in [3.05, 3.63) is 90.4 Å². The highest BCUT2D eigenvalue weighted by molar-refractivity contribution is 7.92. The fraction of sp³-hybridized carbons (Fsp3) is 0.214. The summed E-state index contributed by atoms with van der Waals surface area (Å²) in [5.74, 6) is 2.53. The van der Waals surface area contributed by atoms with E-state index in [4.69, 9.17) is 26.1 Å². The van der Waals surface area contributed by atoms with Gasteiger partial charge in [0, 0.05) is 17.4 Å². The molecule has 0 saturated carbocycles. The Morgan fingerprint density at radius 1 is 1.10 bits per heavy atom. The first-order valence-electron chi connectivity index (χ1n) is 12.3. The number of ether oxygens (including phenoxy) is 2. The van der Waals surface area contributed by atoms with E-state index in [1.165, 1.54) is 7.11 Å². The summed E-state index contributed by atoms with van der Waals surface area (Å²) in [5.41, 5.74) is 2.65. The lowest BCUT2D eigenvalue weighted by Gasteiger charge is -2.27. The van der Waals surface area contributed by atoms with E-state index in [9.17, 15) is 8.42 Å². The first kappa shape index (κ1) is 26.5. The molecule has 0 spiro atoms. The van der Waals surface area contributed by atoms with E-state index in [2.05, 4.69) is 15.0 Å². The summed E-state index contributed by atoms with van der Waals surface area (Å²) in [7, 11) is -2.07. The Morgan fingerprint density at radius 2 is 1.90 bits per heavy atom. The van der Waals surface area contributed by atoms with Gasteiger partial charge in [0.05, 0.1) is 37.4 Å². The number of nitrogens with zero attached hydrogens (tertiary/aromatic N) is 2. The van der Waals surface area contributed by atoms with Crippen molar-refractivity contribution < 1.29 is 22.3 Å².